The zero-order valence-electron chi connectivity index (χ0n) is 8.66. The standard InChI is InChI=1S/C12H9BrClFOS/c13-8-1-2-10(15)7(5-8)6-11(16)12-9(14)3-4-17-12/h1-5,11,16H,6H2. The van der Waals surface area contributed by atoms with Crippen molar-refractivity contribution in [3.8, 4) is 0 Å². The molecule has 2 aromatic rings. The Morgan fingerprint density at radius 3 is 2.82 bits per heavy atom. The number of hydrogen-bond acceptors (Lipinski definition) is 2. The van der Waals surface area contributed by atoms with Crippen molar-refractivity contribution in [2.75, 3.05) is 0 Å². The van der Waals surface area contributed by atoms with E-state index in [1.807, 2.05) is 0 Å². The van der Waals surface area contributed by atoms with Gasteiger partial charge < -0.3 is 5.11 Å². The molecule has 0 spiro atoms. The highest BCUT2D eigenvalue weighted by atomic mass is 79.9. The van der Waals surface area contributed by atoms with Gasteiger partial charge in [0.2, 0.25) is 0 Å². The highest BCUT2D eigenvalue weighted by molar-refractivity contribution is 9.10. The van der Waals surface area contributed by atoms with Crippen molar-refractivity contribution >= 4 is 38.9 Å². The van der Waals surface area contributed by atoms with Gasteiger partial charge in [0, 0.05) is 10.9 Å². The van der Waals surface area contributed by atoms with Crippen LogP contribution in [0.1, 0.15) is 16.5 Å². The van der Waals surface area contributed by atoms with Crippen molar-refractivity contribution in [1.29, 1.82) is 0 Å². The summed E-state index contributed by atoms with van der Waals surface area (Å²) in [4.78, 5) is 0.672. The quantitative estimate of drug-likeness (QED) is 0.870. The van der Waals surface area contributed by atoms with Crippen LogP contribution < -0.4 is 0 Å². The highest BCUT2D eigenvalue weighted by Crippen LogP contribution is 2.31. The molecule has 0 amide bonds. The normalized spacial score (nSPS) is 12.7. The van der Waals surface area contributed by atoms with Crippen LogP contribution in [0.4, 0.5) is 4.39 Å². The fourth-order valence-electron chi connectivity index (χ4n) is 1.54. The average molecular weight is 336 g/mol. The number of aliphatic hydroxyl groups excluding tert-OH is 1. The van der Waals surface area contributed by atoms with Crippen LogP contribution >= 0.6 is 38.9 Å². The molecule has 2 rings (SSSR count). The van der Waals surface area contributed by atoms with Crippen molar-refractivity contribution in [1.82, 2.24) is 0 Å². The zero-order valence-corrected chi connectivity index (χ0v) is 11.8. The Morgan fingerprint density at radius 1 is 1.41 bits per heavy atom. The Morgan fingerprint density at radius 2 is 2.18 bits per heavy atom. The third-order valence-electron chi connectivity index (χ3n) is 2.37. The number of hydrogen-bond donors (Lipinski definition) is 1. The summed E-state index contributed by atoms with van der Waals surface area (Å²) < 4.78 is 14.3. The van der Waals surface area contributed by atoms with Gasteiger partial charge in [-0.15, -0.1) is 11.3 Å². The molecule has 5 heteroatoms. The van der Waals surface area contributed by atoms with Crippen molar-refractivity contribution < 1.29 is 9.50 Å². The Labute approximate surface area is 116 Å². The highest BCUT2D eigenvalue weighted by Gasteiger charge is 2.15. The molecular formula is C12H9BrClFOS. The van der Waals surface area contributed by atoms with E-state index in [4.69, 9.17) is 11.6 Å². The maximum absolute atomic E-state index is 13.5. The molecule has 1 heterocycles. The van der Waals surface area contributed by atoms with Crippen molar-refractivity contribution in [2.45, 2.75) is 12.5 Å². The molecule has 1 aromatic carbocycles. The predicted molar refractivity (Wildman–Crippen MR) is 72.1 cm³/mol. The van der Waals surface area contributed by atoms with Crippen molar-refractivity contribution in [2.24, 2.45) is 0 Å². The van der Waals surface area contributed by atoms with Crippen LogP contribution in [0.2, 0.25) is 5.02 Å². The second-order valence-electron chi connectivity index (χ2n) is 3.59. The fourth-order valence-corrected chi connectivity index (χ4v) is 3.12. The topological polar surface area (TPSA) is 20.2 Å². The molecule has 0 saturated heterocycles. The molecule has 0 bridgehead atoms. The summed E-state index contributed by atoms with van der Waals surface area (Å²) in [6.07, 6.45) is -0.558. The van der Waals surface area contributed by atoms with Gasteiger partial charge in [-0.05, 0) is 35.2 Å². The van der Waals surface area contributed by atoms with Gasteiger partial charge in [-0.3, -0.25) is 0 Å². The van der Waals surface area contributed by atoms with Crippen LogP contribution in [0.15, 0.2) is 34.1 Å². The molecule has 0 aliphatic rings. The van der Waals surface area contributed by atoms with E-state index < -0.39 is 6.10 Å². The van der Waals surface area contributed by atoms with E-state index in [-0.39, 0.29) is 12.2 Å². The summed E-state index contributed by atoms with van der Waals surface area (Å²) in [5, 5.41) is 12.3. The first kappa shape index (κ1) is 13.0. The summed E-state index contributed by atoms with van der Waals surface area (Å²) in [5.74, 6) is -0.320. The lowest BCUT2D eigenvalue weighted by Gasteiger charge is -2.10. The second kappa shape index (κ2) is 5.48. The van der Waals surface area contributed by atoms with Gasteiger partial charge in [0.05, 0.1) is 16.0 Å². The number of aliphatic hydroxyl groups is 1. The van der Waals surface area contributed by atoms with Gasteiger partial charge in [0.15, 0.2) is 0 Å². The molecule has 0 fully saturated rings. The molecule has 1 unspecified atom stereocenters. The smallest absolute Gasteiger partial charge is 0.126 e. The van der Waals surface area contributed by atoms with Crippen molar-refractivity contribution in [3.05, 3.63) is 55.4 Å². The van der Waals surface area contributed by atoms with E-state index in [2.05, 4.69) is 15.9 Å². The van der Waals surface area contributed by atoms with E-state index in [1.165, 1.54) is 17.4 Å². The lowest BCUT2D eigenvalue weighted by Crippen LogP contribution is -2.02. The molecule has 0 radical (unpaired) electrons. The molecule has 1 N–H and O–H groups in total. The van der Waals surface area contributed by atoms with Crippen molar-refractivity contribution in [3.63, 3.8) is 0 Å². The molecule has 1 atom stereocenters. The molecular weight excluding hydrogens is 327 g/mol. The molecule has 0 aliphatic carbocycles. The lowest BCUT2D eigenvalue weighted by molar-refractivity contribution is 0.181. The first-order valence-electron chi connectivity index (χ1n) is 4.93. The molecule has 17 heavy (non-hydrogen) atoms. The molecule has 0 saturated carbocycles. The third-order valence-corrected chi connectivity index (χ3v) is 4.32. The largest absolute Gasteiger partial charge is 0.387 e. The summed E-state index contributed by atoms with van der Waals surface area (Å²) in [6, 6.07) is 6.40. The number of rotatable bonds is 3. The maximum Gasteiger partial charge on any atom is 0.126 e. The summed E-state index contributed by atoms with van der Waals surface area (Å²) in [7, 11) is 0. The Hall–Kier alpha value is -0.420. The SMILES string of the molecule is OC(Cc1cc(Br)ccc1F)c1sccc1Cl. The van der Waals surface area contributed by atoms with Crippen LogP contribution in [0.25, 0.3) is 0 Å². The maximum atomic E-state index is 13.5. The summed E-state index contributed by atoms with van der Waals surface area (Å²) in [6.45, 7) is 0. The fraction of sp³-hybridized carbons (Fsp3) is 0.167. The molecule has 0 aliphatic heterocycles. The molecule has 1 nitrogen and oxygen atoms in total. The monoisotopic (exact) mass is 334 g/mol. The van der Waals surface area contributed by atoms with E-state index in [0.29, 0.717) is 15.5 Å². The Kier molecular flexibility index (Phi) is 4.20. The summed E-state index contributed by atoms with van der Waals surface area (Å²) in [5.41, 5.74) is 0.469. The van der Waals surface area contributed by atoms with Gasteiger partial charge in [-0.25, -0.2) is 4.39 Å². The van der Waals surface area contributed by atoms with Gasteiger partial charge in [0.1, 0.15) is 5.82 Å². The Balaban J connectivity index is 2.21. The minimum Gasteiger partial charge on any atom is -0.387 e. The van der Waals surface area contributed by atoms with Crippen LogP contribution in [0, 0.1) is 5.82 Å². The third kappa shape index (κ3) is 3.07. The minimum atomic E-state index is -0.772. The molecule has 1 aromatic heterocycles. The van der Waals surface area contributed by atoms with Gasteiger partial charge in [-0.1, -0.05) is 27.5 Å². The lowest BCUT2D eigenvalue weighted by atomic mass is 10.1. The second-order valence-corrected chi connectivity index (χ2v) is 5.86. The Bertz CT molecular complexity index is 529. The van der Waals surface area contributed by atoms with Gasteiger partial charge in [-0.2, -0.15) is 0 Å². The van der Waals surface area contributed by atoms with Crippen LogP contribution in [-0.4, -0.2) is 5.11 Å². The van der Waals surface area contributed by atoms with Gasteiger partial charge >= 0.3 is 0 Å². The van der Waals surface area contributed by atoms with E-state index in [0.717, 1.165) is 4.47 Å². The first-order valence-corrected chi connectivity index (χ1v) is 6.98. The van der Waals surface area contributed by atoms with Crippen LogP contribution in [0.3, 0.4) is 0 Å². The van der Waals surface area contributed by atoms with Crippen LogP contribution in [-0.2, 0) is 6.42 Å². The van der Waals surface area contributed by atoms with E-state index in [1.54, 1.807) is 23.6 Å². The average Bonchev–Trinajstić information content (AvgIpc) is 2.70. The van der Waals surface area contributed by atoms with Gasteiger partial charge in [0.25, 0.3) is 0 Å². The number of thiophene rings is 1. The predicted octanol–water partition coefficient (Wildman–Crippen LogP) is 4.58. The van der Waals surface area contributed by atoms with E-state index >= 15 is 0 Å². The van der Waals surface area contributed by atoms with Crippen LogP contribution in [0.5, 0.6) is 0 Å². The summed E-state index contributed by atoms with van der Waals surface area (Å²) >= 11 is 10.6. The first-order chi connectivity index (χ1) is 8.08. The zero-order chi connectivity index (χ0) is 12.4. The molecule has 90 valence electrons. The minimum absolute atomic E-state index is 0.214. The van der Waals surface area contributed by atoms with E-state index in [9.17, 15) is 9.50 Å². The number of halogens is 3. The number of benzene rings is 1.